The second kappa shape index (κ2) is 8.50. The summed E-state index contributed by atoms with van der Waals surface area (Å²) in [7, 11) is 0. The number of hydrogen-bond acceptors (Lipinski definition) is 2. The minimum Gasteiger partial charge on any atom is -0.263 e. The third-order valence-electron chi connectivity index (χ3n) is 2.53. The molecule has 2 heterocycles. The van der Waals surface area contributed by atoms with Gasteiger partial charge in [-0.15, -0.1) is 0 Å². The summed E-state index contributed by atoms with van der Waals surface area (Å²) in [5, 5.41) is 0. The summed E-state index contributed by atoms with van der Waals surface area (Å²) in [5.74, 6) is -0.234. The van der Waals surface area contributed by atoms with Crippen LogP contribution in [0.2, 0.25) is 0 Å². The molecular weight excluding hydrogens is 479 g/mol. The number of aromatic nitrogens is 2. The highest BCUT2D eigenvalue weighted by Crippen LogP contribution is 2.22. The van der Waals surface area contributed by atoms with Crippen LogP contribution in [0.1, 0.15) is 0 Å². The van der Waals surface area contributed by atoms with Crippen LogP contribution in [-0.2, 0) is 0 Å². The van der Waals surface area contributed by atoms with Gasteiger partial charge in [0.2, 0.25) is 0 Å². The van der Waals surface area contributed by atoms with Gasteiger partial charge in [0, 0.05) is 43.8 Å². The summed E-state index contributed by atoms with van der Waals surface area (Å²) in [6, 6.07) is 10.3. The molecule has 0 amide bonds. The van der Waals surface area contributed by atoms with Crippen LogP contribution in [0, 0.1) is 5.82 Å². The first kappa shape index (κ1) is 17.2. The van der Waals surface area contributed by atoms with Crippen molar-refractivity contribution in [3.05, 3.63) is 80.4 Å². The normalized spacial score (nSPS) is 9.82. The molecule has 0 aliphatic heterocycles. The van der Waals surface area contributed by atoms with Crippen LogP contribution >= 0.6 is 47.8 Å². The lowest BCUT2D eigenvalue weighted by molar-refractivity contribution is 0.628. The summed E-state index contributed by atoms with van der Waals surface area (Å²) in [4.78, 5) is 7.91. The van der Waals surface area contributed by atoms with Crippen LogP contribution in [0.4, 0.5) is 4.39 Å². The van der Waals surface area contributed by atoms with E-state index in [-0.39, 0.29) is 5.82 Å². The summed E-state index contributed by atoms with van der Waals surface area (Å²) in [6.07, 6.45) is 6.89. The van der Waals surface area contributed by atoms with E-state index >= 15 is 0 Å². The van der Waals surface area contributed by atoms with Crippen molar-refractivity contribution in [3.8, 4) is 11.1 Å². The summed E-state index contributed by atoms with van der Waals surface area (Å²) in [6.45, 7) is 0. The van der Waals surface area contributed by atoms with E-state index in [2.05, 4.69) is 57.8 Å². The largest absolute Gasteiger partial charge is 0.263 e. The van der Waals surface area contributed by atoms with Gasteiger partial charge in [-0.1, -0.05) is 12.1 Å². The van der Waals surface area contributed by atoms with Gasteiger partial charge in [0.05, 0.1) is 0 Å². The average molecular weight is 489 g/mol. The average Bonchev–Trinajstić information content (AvgIpc) is 2.48. The number of rotatable bonds is 1. The number of halogens is 4. The molecule has 3 rings (SSSR count). The fourth-order valence-corrected chi connectivity index (χ4v) is 3.03. The number of hydrogen-bond donors (Lipinski definition) is 0. The standard InChI is InChI=1S/C11H7BrFN.C5H3Br2N/c12-10-4-9(6-14-7-10)8-2-1-3-11(13)5-8;6-4-1-5(7)3-8-2-4/h1-7H;1-3H. The maximum Gasteiger partial charge on any atom is 0.123 e. The van der Waals surface area contributed by atoms with Gasteiger partial charge in [-0.05, 0) is 77.6 Å². The van der Waals surface area contributed by atoms with Crippen LogP contribution in [0.5, 0.6) is 0 Å². The first-order valence-electron chi connectivity index (χ1n) is 6.17. The van der Waals surface area contributed by atoms with Gasteiger partial charge >= 0.3 is 0 Å². The van der Waals surface area contributed by atoms with Crippen molar-refractivity contribution in [2.24, 2.45) is 0 Å². The highest BCUT2D eigenvalue weighted by atomic mass is 79.9. The Balaban J connectivity index is 0.000000188. The molecule has 0 saturated carbocycles. The Kier molecular flexibility index (Phi) is 6.67. The zero-order valence-electron chi connectivity index (χ0n) is 11.2. The summed E-state index contributed by atoms with van der Waals surface area (Å²) in [5.41, 5.74) is 1.73. The Bertz CT molecular complexity index is 705. The number of benzene rings is 1. The topological polar surface area (TPSA) is 25.8 Å². The minimum atomic E-state index is -0.234. The molecular formula is C16H10Br3FN2. The van der Waals surface area contributed by atoms with Crippen LogP contribution < -0.4 is 0 Å². The van der Waals surface area contributed by atoms with Gasteiger partial charge in [-0.2, -0.15) is 0 Å². The van der Waals surface area contributed by atoms with E-state index in [4.69, 9.17) is 0 Å². The highest BCUT2D eigenvalue weighted by Gasteiger charge is 1.99. The lowest BCUT2D eigenvalue weighted by atomic mass is 10.1. The van der Waals surface area contributed by atoms with Crippen molar-refractivity contribution in [2.45, 2.75) is 0 Å². The number of pyridine rings is 2. The van der Waals surface area contributed by atoms with E-state index in [1.54, 1.807) is 30.9 Å². The molecule has 2 nitrogen and oxygen atoms in total. The molecule has 0 saturated heterocycles. The maximum atomic E-state index is 12.9. The van der Waals surface area contributed by atoms with E-state index in [0.29, 0.717) is 0 Å². The first-order valence-corrected chi connectivity index (χ1v) is 8.55. The Morgan fingerprint density at radius 2 is 1.27 bits per heavy atom. The van der Waals surface area contributed by atoms with Gasteiger partial charge in [-0.3, -0.25) is 9.97 Å². The van der Waals surface area contributed by atoms with E-state index < -0.39 is 0 Å². The smallest absolute Gasteiger partial charge is 0.123 e. The predicted octanol–water partition coefficient (Wildman–Crippen LogP) is 6.26. The quantitative estimate of drug-likeness (QED) is 0.404. The van der Waals surface area contributed by atoms with Crippen LogP contribution in [0.15, 0.2) is 74.6 Å². The molecule has 0 aliphatic carbocycles. The second-order valence-electron chi connectivity index (χ2n) is 4.22. The van der Waals surface area contributed by atoms with Crippen molar-refractivity contribution >= 4 is 47.8 Å². The van der Waals surface area contributed by atoms with E-state index in [1.165, 1.54) is 12.1 Å². The molecule has 112 valence electrons. The molecule has 3 aromatic rings. The zero-order chi connectivity index (χ0) is 15.9. The molecule has 0 aliphatic rings. The van der Waals surface area contributed by atoms with Crippen LogP contribution in [0.25, 0.3) is 11.1 Å². The Labute approximate surface area is 153 Å². The molecule has 0 N–H and O–H groups in total. The minimum absolute atomic E-state index is 0.234. The Morgan fingerprint density at radius 1 is 0.682 bits per heavy atom. The second-order valence-corrected chi connectivity index (χ2v) is 6.97. The summed E-state index contributed by atoms with van der Waals surface area (Å²) >= 11 is 9.86. The molecule has 0 unspecified atom stereocenters. The van der Waals surface area contributed by atoms with Gasteiger partial charge < -0.3 is 0 Å². The molecule has 0 bridgehead atoms. The van der Waals surface area contributed by atoms with E-state index in [0.717, 1.165) is 24.5 Å². The molecule has 1 aromatic carbocycles. The van der Waals surface area contributed by atoms with Crippen molar-refractivity contribution in [1.82, 2.24) is 9.97 Å². The number of nitrogens with zero attached hydrogens (tertiary/aromatic N) is 2. The SMILES string of the molecule is Brc1cncc(Br)c1.Fc1cccc(-c2cncc(Br)c2)c1. The first-order chi connectivity index (χ1) is 10.5. The molecule has 0 fully saturated rings. The van der Waals surface area contributed by atoms with Crippen LogP contribution in [0.3, 0.4) is 0 Å². The molecule has 0 spiro atoms. The van der Waals surface area contributed by atoms with Gasteiger partial charge in [0.1, 0.15) is 5.82 Å². The van der Waals surface area contributed by atoms with E-state index in [1.807, 2.05) is 18.2 Å². The monoisotopic (exact) mass is 486 g/mol. The zero-order valence-corrected chi connectivity index (χ0v) is 15.9. The van der Waals surface area contributed by atoms with Gasteiger partial charge in [-0.25, -0.2) is 4.39 Å². The Hall–Kier alpha value is -1.11. The molecule has 0 radical (unpaired) electrons. The van der Waals surface area contributed by atoms with Gasteiger partial charge in [0.15, 0.2) is 0 Å². The van der Waals surface area contributed by atoms with E-state index in [9.17, 15) is 4.39 Å². The highest BCUT2D eigenvalue weighted by molar-refractivity contribution is 9.11. The molecule has 0 atom stereocenters. The molecule has 6 heteroatoms. The molecule has 2 aromatic heterocycles. The third kappa shape index (κ3) is 5.59. The lowest BCUT2D eigenvalue weighted by Crippen LogP contribution is -1.81. The van der Waals surface area contributed by atoms with Gasteiger partial charge in [0.25, 0.3) is 0 Å². The van der Waals surface area contributed by atoms with Crippen molar-refractivity contribution < 1.29 is 4.39 Å². The van der Waals surface area contributed by atoms with Crippen molar-refractivity contribution in [3.63, 3.8) is 0 Å². The fraction of sp³-hybridized carbons (Fsp3) is 0. The lowest BCUT2D eigenvalue weighted by Gasteiger charge is -2.01. The predicted molar refractivity (Wildman–Crippen MR) is 97.0 cm³/mol. The molecule has 22 heavy (non-hydrogen) atoms. The summed E-state index contributed by atoms with van der Waals surface area (Å²) < 4.78 is 15.8. The van der Waals surface area contributed by atoms with Crippen LogP contribution in [-0.4, -0.2) is 9.97 Å². The Morgan fingerprint density at radius 3 is 1.77 bits per heavy atom. The fourth-order valence-electron chi connectivity index (χ4n) is 1.62. The van der Waals surface area contributed by atoms with Crippen molar-refractivity contribution in [1.29, 1.82) is 0 Å². The maximum absolute atomic E-state index is 12.9. The van der Waals surface area contributed by atoms with Crippen molar-refractivity contribution in [2.75, 3.05) is 0 Å². The third-order valence-corrected chi connectivity index (χ3v) is 3.84.